The van der Waals surface area contributed by atoms with Crippen LogP contribution in [0.1, 0.15) is 23.3 Å². The lowest BCUT2D eigenvalue weighted by atomic mass is 9.37. The van der Waals surface area contributed by atoms with Crippen LogP contribution in [-0.4, -0.2) is 32.8 Å². The largest absolute Gasteiger partial charge is 0.287 e. The Bertz CT molecular complexity index is 647. The average Bonchev–Trinajstić information content (AvgIpc) is 2.93. The van der Waals surface area contributed by atoms with Crippen LogP contribution in [0.15, 0.2) is 6.20 Å². The van der Waals surface area contributed by atoms with Crippen molar-refractivity contribution in [3.63, 3.8) is 0 Å². The maximum absolute atomic E-state index is 12.2. The summed E-state index contributed by atoms with van der Waals surface area (Å²) >= 11 is 0. The molecule has 1 aliphatic heterocycles. The standard InChI is InChI=1S/C14H12N4O/c1-2-14-5-3-10(14)9-4-6-18(8-11(9)14)13(19)12-7-15-17-16-12/h1,7,9-11H,3,5,8H2,(H,15,16,17)/t9-,10-,11-,14?/m1/s1. The van der Waals surface area contributed by atoms with Crippen molar-refractivity contribution in [1.82, 2.24) is 20.3 Å². The van der Waals surface area contributed by atoms with Gasteiger partial charge in [-0.3, -0.25) is 9.69 Å². The summed E-state index contributed by atoms with van der Waals surface area (Å²) in [5.74, 6) is 7.23. The number of rotatable bonds is 1. The number of fused-ring (bicyclic) bond motifs is 4. The summed E-state index contributed by atoms with van der Waals surface area (Å²) in [6, 6.07) is 2.95. The molecule has 5 nitrogen and oxygen atoms in total. The van der Waals surface area contributed by atoms with Crippen molar-refractivity contribution in [2.45, 2.75) is 12.8 Å². The maximum Gasteiger partial charge on any atom is 0.287 e. The van der Waals surface area contributed by atoms with Gasteiger partial charge < -0.3 is 0 Å². The first kappa shape index (κ1) is 10.6. The SMILES string of the molecule is C#CC12CC[C@@H]1[C@H]1C#CN(C(=O)c3cn[nH]n3)C[C@H]12. The van der Waals surface area contributed by atoms with Crippen molar-refractivity contribution in [3.8, 4) is 24.3 Å². The van der Waals surface area contributed by atoms with Gasteiger partial charge in [-0.15, -0.1) is 6.42 Å². The Labute approximate surface area is 110 Å². The fourth-order valence-electron chi connectivity index (χ4n) is 3.80. The lowest BCUT2D eigenvalue weighted by Crippen LogP contribution is -2.66. The molecule has 3 aliphatic rings. The summed E-state index contributed by atoms with van der Waals surface area (Å²) in [7, 11) is 0. The monoisotopic (exact) mass is 252 g/mol. The highest BCUT2D eigenvalue weighted by Gasteiger charge is 2.66. The Morgan fingerprint density at radius 1 is 1.63 bits per heavy atom. The van der Waals surface area contributed by atoms with Crippen molar-refractivity contribution in [2.75, 3.05) is 6.54 Å². The molecule has 2 heterocycles. The van der Waals surface area contributed by atoms with E-state index in [1.165, 1.54) is 17.5 Å². The Kier molecular flexibility index (Phi) is 1.90. The predicted molar refractivity (Wildman–Crippen MR) is 66.2 cm³/mol. The van der Waals surface area contributed by atoms with E-state index in [4.69, 9.17) is 6.42 Å². The van der Waals surface area contributed by atoms with E-state index < -0.39 is 0 Å². The van der Waals surface area contributed by atoms with Gasteiger partial charge in [0.05, 0.1) is 6.20 Å². The molecule has 94 valence electrons. The van der Waals surface area contributed by atoms with Crippen molar-refractivity contribution >= 4 is 5.91 Å². The minimum absolute atomic E-state index is 0.00210. The van der Waals surface area contributed by atoms with Crippen LogP contribution < -0.4 is 0 Å². The van der Waals surface area contributed by atoms with Crippen LogP contribution in [0.3, 0.4) is 0 Å². The van der Waals surface area contributed by atoms with Crippen LogP contribution >= 0.6 is 0 Å². The molecule has 1 aromatic heterocycles. The first-order valence-electron chi connectivity index (χ1n) is 6.43. The van der Waals surface area contributed by atoms with Gasteiger partial charge in [0, 0.05) is 29.8 Å². The second-order valence-corrected chi connectivity index (χ2v) is 5.49. The third-order valence-corrected chi connectivity index (χ3v) is 4.95. The number of aromatic nitrogens is 3. The van der Waals surface area contributed by atoms with E-state index in [-0.39, 0.29) is 11.3 Å². The highest BCUT2D eigenvalue weighted by molar-refractivity contribution is 5.93. The molecule has 0 bridgehead atoms. The summed E-state index contributed by atoms with van der Waals surface area (Å²) in [5, 5.41) is 9.89. The molecule has 4 rings (SSSR count). The summed E-state index contributed by atoms with van der Waals surface area (Å²) in [5.41, 5.74) is 0.300. The number of hydrogen-bond acceptors (Lipinski definition) is 3. The Morgan fingerprint density at radius 3 is 3.16 bits per heavy atom. The zero-order valence-electron chi connectivity index (χ0n) is 10.3. The second-order valence-electron chi connectivity index (χ2n) is 5.49. The van der Waals surface area contributed by atoms with Gasteiger partial charge in [0.2, 0.25) is 0 Å². The van der Waals surface area contributed by atoms with Crippen molar-refractivity contribution in [1.29, 1.82) is 0 Å². The van der Waals surface area contributed by atoms with Crippen LogP contribution in [0.4, 0.5) is 0 Å². The fraction of sp³-hybridized carbons (Fsp3) is 0.500. The summed E-state index contributed by atoms with van der Waals surface area (Å²) < 4.78 is 0. The van der Waals surface area contributed by atoms with Crippen LogP contribution in [0, 0.1) is 47.5 Å². The van der Waals surface area contributed by atoms with Crippen LogP contribution in [-0.2, 0) is 0 Å². The number of aromatic amines is 1. The van der Waals surface area contributed by atoms with E-state index in [9.17, 15) is 4.79 Å². The smallest absolute Gasteiger partial charge is 0.266 e. The summed E-state index contributed by atoms with van der Waals surface area (Å²) in [6.45, 7) is 0.615. The number of nitrogens with one attached hydrogen (secondary N) is 1. The van der Waals surface area contributed by atoms with Gasteiger partial charge in [-0.05, 0) is 18.8 Å². The van der Waals surface area contributed by atoms with Gasteiger partial charge in [-0.2, -0.15) is 15.4 Å². The number of H-pyrrole nitrogens is 1. The fourth-order valence-corrected chi connectivity index (χ4v) is 3.80. The molecule has 5 heteroatoms. The molecular weight excluding hydrogens is 240 g/mol. The van der Waals surface area contributed by atoms with E-state index in [0.717, 1.165) is 6.42 Å². The van der Waals surface area contributed by atoms with Crippen molar-refractivity contribution in [3.05, 3.63) is 11.9 Å². The Morgan fingerprint density at radius 2 is 2.53 bits per heavy atom. The van der Waals surface area contributed by atoms with E-state index in [1.807, 2.05) is 0 Å². The minimum atomic E-state index is -0.199. The van der Waals surface area contributed by atoms with Gasteiger partial charge in [0.15, 0.2) is 5.69 Å². The molecule has 0 spiro atoms. The number of hydrogen-bond donors (Lipinski definition) is 1. The third-order valence-electron chi connectivity index (χ3n) is 4.95. The zero-order valence-corrected chi connectivity index (χ0v) is 10.3. The number of terminal acetylenes is 1. The van der Waals surface area contributed by atoms with Gasteiger partial charge in [-0.1, -0.05) is 11.8 Å². The third kappa shape index (κ3) is 1.15. The molecule has 1 N–H and O–H groups in total. The Hall–Kier alpha value is -2.27. The van der Waals surface area contributed by atoms with Gasteiger partial charge >= 0.3 is 0 Å². The number of nitrogens with zero attached hydrogens (tertiary/aromatic N) is 3. The molecule has 2 saturated carbocycles. The molecular formula is C14H12N4O. The lowest BCUT2D eigenvalue weighted by molar-refractivity contribution is -0.139. The highest BCUT2D eigenvalue weighted by Crippen LogP contribution is 2.67. The lowest BCUT2D eigenvalue weighted by Gasteiger charge is -2.65. The molecule has 1 aromatic rings. The maximum atomic E-state index is 12.2. The molecule has 1 amide bonds. The van der Waals surface area contributed by atoms with E-state index in [1.54, 1.807) is 0 Å². The first-order valence-corrected chi connectivity index (χ1v) is 6.43. The quantitative estimate of drug-likeness (QED) is 0.740. The zero-order chi connectivity index (χ0) is 13.0. The van der Waals surface area contributed by atoms with Crippen LogP contribution in [0.2, 0.25) is 0 Å². The van der Waals surface area contributed by atoms with Gasteiger partial charge in [0.25, 0.3) is 5.91 Å². The molecule has 19 heavy (non-hydrogen) atoms. The van der Waals surface area contributed by atoms with E-state index in [0.29, 0.717) is 30.0 Å². The molecule has 2 aliphatic carbocycles. The minimum Gasteiger partial charge on any atom is -0.266 e. The van der Waals surface area contributed by atoms with E-state index >= 15 is 0 Å². The van der Waals surface area contributed by atoms with E-state index in [2.05, 4.69) is 33.3 Å². The molecule has 4 atom stereocenters. The molecule has 2 fully saturated rings. The molecule has 0 saturated heterocycles. The number of amides is 1. The average molecular weight is 252 g/mol. The number of carbonyl (C=O) groups excluding carboxylic acids is 1. The van der Waals surface area contributed by atoms with Crippen molar-refractivity contribution < 1.29 is 4.79 Å². The topological polar surface area (TPSA) is 61.9 Å². The molecule has 0 aromatic carbocycles. The molecule has 0 radical (unpaired) electrons. The first-order chi connectivity index (χ1) is 9.26. The van der Waals surface area contributed by atoms with Crippen molar-refractivity contribution in [2.24, 2.45) is 23.2 Å². The summed E-state index contributed by atoms with van der Waals surface area (Å²) in [6.07, 6.45) is 9.37. The normalized spacial score (nSPS) is 37.6. The summed E-state index contributed by atoms with van der Waals surface area (Å²) in [4.78, 5) is 13.7. The van der Waals surface area contributed by atoms with Crippen LogP contribution in [0.5, 0.6) is 0 Å². The second kappa shape index (κ2) is 3.39. The number of carbonyl (C=O) groups is 1. The predicted octanol–water partition coefficient (Wildman–Crippen LogP) is 0.497. The van der Waals surface area contributed by atoms with Crippen LogP contribution in [0.25, 0.3) is 0 Å². The van der Waals surface area contributed by atoms with Gasteiger partial charge in [-0.25, -0.2) is 0 Å². The Balaban J connectivity index is 1.61. The highest BCUT2D eigenvalue weighted by atomic mass is 16.2. The van der Waals surface area contributed by atoms with Gasteiger partial charge in [0.1, 0.15) is 0 Å². The molecule has 1 unspecified atom stereocenters.